The average Bonchev–Trinajstić information content (AvgIpc) is 3.80. The van der Waals surface area contributed by atoms with Gasteiger partial charge in [-0.2, -0.15) is 13.2 Å². The molecule has 2 heterocycles. The van der Waals surface area contributed by atoms with E-state index >= 15 is 0 Å². The summed E-state index contributed by atoms with van der Waals surface area (Å²) in [7, 11) is 2.01. The van der Waals surface area contributed by atoms with Crippen LogP contribution in [0, 0.1) is 11.7 Å². The van der Waals surface area contributed by atoms with Crippen molar-refractivity contribution in [3.63, 3.8) is 0 Å². The first kappa shape index (κ1) is 30.6. The third kappa shape index (κ3) is 8.17. The van der Waals surface area contributed by atoms with Crippen molar-refractivity contribution in [2.24, 2.45) is 5.92 Å². The highest BCUT2D eigenvalue weighted by Crippen LogP contribution is 2.34. The minimum absolute atomic E-state index is 0.000320. The third-order valence-corrected chi connectivity index (χ3v) is 7.87. The van der Waals surface area contributed by atoms with Crippen LogP contribution in [0.1, 0.15) is 48.1 Å². The zero-order valence-corrected chi connectivity index (χ0v) is 24.1. The molecule has 0 bridgehead atoms. The van der Waals surface area contributed by atoms with E-state index in [4.69, 9.17) is 4.74 Å². The zero-order chi connectivity index (χ0) is 30.7. The van der Waals surface area contributed by atoms with Gasteiger partial charge in [-0.15, -0.1) is 0 Å². The molecule has 1 saturated carbocycles. The van der Waals surface area contributed by atoms with Crippen molar-refractivity contribution in [2.45, 2.75) is 44.8 Å². The highest BCUT2D eigenvalue weighted by atomic mass is 19.4. The van der Waals surface area contributed by atoms with Crippen LogP contribution < -0.4 is 10.1 Å². The van der Waals surface area contributed by atoms with Gasteiger partial charge < -0.3 is 15.0 Å². The lowest BCUT2D eigenvalue weighted by atomic mass is 9.95. The van der Waals surface area contributed by atoms with Crippen LogP contribution in [0.2, 0.25) is 0 Å². The van der Waals surface area contributed by atoms with E-state index in [0.29, 0.717) is 16.9 Å². The average molecular weight is 599 g/mol. The van der Waals surface area contributed by atoms with Crippen molar-refractivity contribution in [3.8, 4) is 11.5 Å². The summed E-state index contributed by atoms with van der Waals surface area (Å²) in [6.07, 6.45) is -1.78. The Balaban J connectivity index is 1.24. The van der Waals surface area contributed by atoms with Crippen LogP contribution in [0.5, 0.6) is 11.5 Å². The predicted molar refractivity (Wildman–Crippen MR) is 153 cm³/mol. The van der Waals surface area contributed by atoms with Gasteiger partial charge in [0.25, 0.3) is 0 Å². The monoisotopic (exact) mass is 598 g/mol. The molecular formula is C32H34F4N4O3. The summed E-state index contributed by atoms with van der Waals surface area (Å²) in [4.78, 5) is 33.3. The number of aromatic nitrogens is 1. The molecule has 2 fully saturated rings. The number of hydrogen-bond acceptors (Lipinski definition) is 6. The molecule has 7 nitrogen and oxygen atoms in total. The molecule has 2 aliphatic rings. The minimum Gasteiger partial charge on any atom is -0.454 e. The summed E-state index contributed by atoms with van der Waals surface area (Å²) >= 11 is 0. The highest BCUT2D eigenvalue weighted by molar-refractivity contribution is 5.93. The fourth-order valence-corrected chi connectivity index (χ4v) is 5.14. The van der Waals surface area contributed by atoms with E-state index in [9.17, 15) is 27.2 Å². The van der Waals surface area contributed by atoms with Gasteiger partial charge in [0.15, 0.2) is 11.6 Å². The number of likely N-dealkylation sites (N-methyl/N-ethyl adjacent to an activating group) is 1. The second-order valence-electron chi connectivity index (χ2n) is 11.4. The van der Waals surface area contributed by atoms with Crippen molar-refractivity contribution < 1.29 is 31.9 Å². The molecular weight excluding hydrogens is 564 g/mol. The maximum Gasteiger partial charge on any atom is 0.416 e. The summed E-state index contributed by atoms with van der Waals surface area (Å²) in [6, 6.07) is 10.7. The van der Waals surface area contributed by atoms with Gasteiger partial charge in [-0.3, -0.25) is 14.5 Å². The summed E-state index contributed by atoms with van der Waals surface area (Å²) in [5.41, 5.74) is 0.382. The molecule has 228 valence electrons. The number of hydrogen-bond donors (Lipinski definition) is 1. The summed E-state index contributed by atoms with van der Waals surface area (Å²) < 4.78 is 61.8. The first-order valence-corrected chi connectivity index (χ1v) is 14.3. The first-order valence-electron chi connectivity index (χ1n) is 14.3. The number of nitrogens with zero attached hydrogens (tertiary/aromatic N) is 3. The number of rotatable bonds is 10. The molecule has 3 aromatic rings. The quantitative estimate of drug-likeness (QED) is 0.287. The topological polar surface area (TPSA) is 74.8 Å². The SMILES string of the molecule is CC(c1cc(CC(=O)Cc2ccc(Oc3ccnc(NC(=O)C4CC4)c3)c(F)c2)cc(C(F)(F)F)c1)N1CCN(C)CC1. The number of amides is 1. The lowest BCUT2D eigenvalue weighted by Crippen LogP contribution is -2.45. The molecule has 1 saturated heterocycles. The van der Waals surface area contributed by atoms with Gasteiger partial charge in [-0.25, -0.2) is 9.37 Å². The lowest BCUT2D eigenvalue weighted by Gasteiger charge is -2.37. The molecule has 1 aliphatic carbocycles. The van der Waals surface area contributed by atoms with Gasteiger partial charge in [0.2, 0.25) is 5.91 Å². The largest absolute Gasteiger partial charge is 0.454 e. The van der Waals surface area contributed by atoms with Crippen molar-refractivity contribution in [1.29, 1.82) is 0 Å². The van der Waals surface area contributed by atoms with E-state index in [2.05, 4.69) is 20.1 Å². The van der Waals surface area contributed by atoms with Crippen LogP contribution >= 0.6 is 0 Å². The molecule has 43 heavy (non-hydrogen) atoms. The van der Waals surface area contributed by atoms with Crippen molar-refractivity contribution in [3.05, 3.63) is 82.8 Å². The minimum atomic E-state index is -4.55. The number of nitrogens with one attached hydrogen (secondary N) is 1. The Hall–Kier alpha value is -3.83. The van der Waals surface area contributed by atoms with Gasteiger partial charge in [0.05, 0.1) is 5.56 Å². The Bertz CT molecular complexity index is 1480. The van der Waals surface area contributed by atoms with E-state index in [1.807, 2.05) is 14.0 Å². The lowest BCUT2D eigenvalue weighted by molar-refractivity contribution is -0.137. The number of benzene rings is 2. The zero-order valence-electron chi connectivity index (χ0n) is 24.1. The van der Waals surface area contributed by atoms with E-state index in [-0.39, 0.29) is 53.6 Å². The summed E-state index contributed by atoms with van der Waals surface area (Å²) in [5, 5.41) is 2.71. The molecule has 1 aromatic heterocycles. The van der Waals surface area contributed by atoms with E-state index in [0.717, 1.165) is 51.2 Å². The molecule has 1 amide bonds. The van der Waals surface area contributed by atoms with E-state index in [1.165, 1.54) is 30.5 Å². The smallest absolute Gasteiger partial charge is 0.416 e. The number of ketones is 1. The Labute approximate surface area is 247 Å². The molecule has 0 spiro atoms. The number of carbonyl (C=O) groups excluding carboxylic acids is 2. The summed E-state index contributed by atoms with van der Waals surface area (Å²) in [5.74, 6) is -0.662. The number of piperazine rings is 1. The molecule has 0 radical (unpaired) electrons. The van der Waals surface area contributed by atoms with Crippen LogP contribution in [-0.4, -0.2) is 59.7 Å². The standard InChI is InChI=1S/C32H34F4N4O3/c1-20(40-11-9-39(2)10-12-40)24-13-22(14-25(18-24)32(34,35)36)16-26(41)15-21-3-6-29(28(33)17-21)43-27-7-8-37-30(19-27)38-31(42)23-4-5-23/h3,6-8,13-14,17-20,23H,4-5,9-12,15-16H2,1-2H3,(H,37,38,42). The number of Topliss-reactive ketones (excluding diaryl/α,β-unsaturated/α-hetero) is 1. The normalized spacial score (nSPS) is 17.0. The molecule has 2 aromatic carbocycles. The van der Waals surface area contributed by atoms with Gasteiger partial charge >= 0.3 is 6.18 Å². The van der Waals surface area contributed by atoms with Gasteiger partial charge in [-0.05, 0) is 73.8 Å². The van der Waals surface area contributed by atoms with E-state index < -0.39 is 17.6 Å². The van der Waals surface area contributed by atoms with E-state index in [1.54, 1.807) is 12.1 Å². The Morgan fingerprint density at radius 1 is 1.00 bits per heavy atom. The maximum absolute atomic E-state index is 14.9. The highest BCUT2D eigenvalue weighted by Gasteiger charge is 2.33. The van der Waals surface area contributed by atoms with Crippen LogP contribution in [0.4, 0.5) is 23.4 Å². The Morgan fingerprint density at radius 3 is 2.40 bits per heavy atom. The van der Waals surface area contributed by atoms with Gasteiger partial charge in [0, 0.05) is 63.2 Å². The van der Waals surface area contributed by atoms with Crippen molar-refractivity contribution in [2.75, 3.05) is 38.5 Å². The third-order valence-electron chi connectivity index (χ3n) is 7.87. The van der Waals surface area contributed by atoms with Crippen LogP contribution in [0.25, 0.3) is 0 Å². The van der Waals surface area contributed by atoms with Crippen LogP contribution in [-0.2, 0) is 28.6 Å². The van der Waals surface area contributed by atoms with Crippen LogP contribution in [0.3, 0.4) is 0 Å². The second kappa shape index (κ2) is 12.8. The number of ether oxygens (including phenoxy) is 1. The molecule has 1 unspecified atom stereocenters. The molecule has 11 heteroatoms. The predicted octanol–water partition coefficient (Wildman–Crippen LogP) is 6.04. The first-order chi connectivity index (χ1) is 20.4. The molecule has 5 rings (SSSR count). The number of anilines is 1. The van der Waals surface area contributed by atoms with Crippen LogP contribution in [0.15, 0.2) is 54.7 Å². The maximum atomic E-state index is 14.9. The number of alkyl halides is 3. The summed E-state index contributed by atoms with van der Waals surface area (Å²) in [6.45, 7) is 5.03. The Kier molecular flexibility index (Phi) is 9.12. The second-order valence-corrected chi connectivity index (χ2v) is 11.4. The van der Waals surface area contributed by atoms with Crippen molar-refractivity contribution >= 4 is 17.5 Å². The van der Waals surface area contributed by atoms with Gasteiger partial charge in [0.1, 0.15) is 17.4 Å². The fraction of sp³-hybridized carbons (Fsp3) is 0.406. The Morgan fingerprint density at radius 2 is 1.72 bits per heavy atom. The number of pyridine rings is 1. The van der Waals surface area contributed by atoms with Gasteiger partial charge in [-0.1, -0.05) is 12.1 Å². The molecule has 1 N–H and O–H groups in total. The number of halogens is 4. The molecule has 1 aliphatic heterocycles. The number of carbonyl (C=O) groups is 2. The van der Waals surface area contributed by atoms with Crippen molar-refractivity contribution in [1.82, 2.24) is 14.8 Å². The molecule has 1 atom stereocenters. The fourth-order valence-electron chi connectivity index (χ4n) is 5.14.